The number of hydrogen-bond donors (Lipinski definition) is 4. The number of hydrogen-bond acceptors (Lipinski definition) is 18. The Morgan fingerprint density at radius 1 is 0.695 bits per heavy atom. The van der Waals surface area contributed by atoms with Gasteiger partial charge in [0.1, 0.15) is 24.4 Å². The highest BCUT2D eigenvalue weighted by Crippen LogP contribution is 2.17. The van der Waals surface area contributed by atoms with E-state index >= 15 is 0 Å². The fourth-order valence-electron chi connectivity index (χ4n) is 3.52. The average Bonchev–Trinajstić information content (AvgIpc) is 3.20. The molecule has 0 fully saturated rings. The number of carbonyl (C=O) groups is 3. The number of benzene rings is 2. The van der Waals surface area contributed by atoms with Crippen LogP contribution in [0.25, 0.3) is 0 Å². The van der Waals surface area contributed by atoms with Crippen molar-refractivity contribution < 1.29 is 80.0 Å². The highest BCUT2D eigenvalue weighted by molar-refractivity contribution is 7.86. The predicted molar refractivity (Wildman–Crippen MR) is 213 cm³/mol. The van der Waals surface area contributed by atoms with E-state index in [0.717, 1.165) is 18.4 Å². The highest BCUT2D eigenvalue weighted by Gasteiger charge is 2.14. The van der Waals surface area contributed by atoms with Crippen LogP contribution in [0.2, 0.25) is 0 Å². The second-order valence-electron chi connectivity index (χ2n) is 11.6. The van der Waals surface area contributed by atoms with E-state index in [-0.39, 0.29) is 42.8 Å². The molecule has 6 N–H and O–H groups in total. The lowest BCUT2D eigenvalue weighted by Crippen LogP contribution is -2.29. The van der Waals surface area contributed by atoms with Crippen LogP contribution in [0.3, 0.4) is 0 Å². The van der Waals surface area contributed by atoms with Gasteiger partial charge in [0.05, 0.1) is 69.3 Å². The minimum absolute atomic E-state index is 0.0000753. The van der Waals surface area contributed by atoms with Gasteiger partial charge < -0.3 is 59.6 Å². The zero-order valence-corrected chi connectivity index (χ0v) is 35.1. The number of nitrogens with zero attached hydrogens (tertiary/aromatic N) is 1. The Hall–Kier alpha value is -4.36. The molecule has 0 spiro atoms. The predicted octanol–water partition coefficient (Wildman–Crippen LogP) is 3.18. The molecule has 0 heterocycles. The number of carboxylic acid groups (broad SMARTS) is 2. The summed E-state index contributed by atoms with van der Waals surface area (Å²) >= 11 is 0. The molecule has 0 aliphatic carbocycles. The van der Waals surface area contributed by atoms with Crippen LogP contribution in [0, 0.1) is 17.0 Å². The first-order chi connectivity index (χ1) is 28.1. The number of aryl methyl sites for hydroxylation is 1. The summed E-state index contributed by atoms with van der Waals surface area (Å²) in [6.45, 7) is 7.72. The quantitative estimate of drug-likeness (QED) is 0.0250. The summed E-state index contributed by atoms with van der Waals surface area (Å²) < 4.78 is 67.6. The first kappa shape index (κ1) is 56.7. The van der Waals surface area contributed by atoms with Crippen LogP contribution in [-0.4, -0.2) is 148 Å². The molecule has 338 valence electrons. The Balaban J connectivity index is 0. The SMILES string of the molecule is CCC(N)C(=O)O.COCCOCCCCC(N)C(=O)O.COCCOCCOC(=O)Oc1ccc([N+](=O)[O-])cc1.COCCOCCOS(=O)(=O)c1ccc(C)cc1. The molecular weight excluding hydrogens is 806 g/mol. The molecular formula is C37H61N3O18S. The molecule has 0 bridgehead atoms. The van der Waals surface area contributed by atoms with Gasteiger partial charge in [-0.15, -0.1) is 0 Å². The lowest BCUT2D eigenvalue weighted by Gasteiger charge is -2.06. The first-order valence-electron chi connectivity index (χ1n) is 18.3. The molecule has 0 aliphatic rings. The van der Waals surface area contributed by atoms with Gasteiger partial charge in [-0.05, 0) is 56.9 Å². The van der Waals surface area contributed by atoms with Crippen LogP contribution < -0.4 is 16.2 Å². The third-order valence-corrected chi connectivity index (χ3v) is 8.22. The van der Waals surface area contributed by atoms with E-state index in [9.17, 15) is 32.9 Å². The summed E-state index contributed by atoms with van der Waals surface area (Å²) in [5.41, 5.74) is 11.2. The van der Waals surface area contributed by atoms with E-state index in [0.29, 0.717) is 59.1 Å². The smallest absolute Gasteiger partial charge is 0.480 e. The second-order valence-corrected chi connectivity index (χ2v) is 13.3. The van der Waals surface area contributed by atoms with Gasteiger partial charge in [0, 0.05) is 40.1 Å². The van der Waals surface area contributed by atoms with Crippen molar-refractivity contribution >= 4 is 33.9 Å². The number of carboxylic acids is 2. The molecule has 21 nitrogen and oxygen atoms in total. The summed E-state index contributed by atoms with van der Waals surface area (Å²) in [6.07, 6.45) is 1.72. The van der Waals surface area contributed by atoms with E-state index < -0.39 is 45.2 Å². The second kappa shape index (κ2) is 36.7. The Morgan fingerprint density at radius 3 is 1.61 bits per heavy atom. The molecule has 2 aromatic rings. The van der Waals surface area contributed by atoms with Crippen LogP contribution in [-0.2, 0) is 57.0 Å². The normalized spacial score (nSPS) is 11.6. The Morgan fingerprint density at radius 2 is 1.17 bits per heavy atom. The number of nitro groups is 1. The van der Waals surface area contributed by atoms with Crippen molar-refractivity contribution in [3.05, 3.63) is 64.2 Å². The fourth-order valence-corrected chi connectivity index (χ4v) is 4.41. The zero-order chi connectivity index (χ0) is 44.9. The number of non-ortho nitro benzene ring substituents is 1. The molecule has 0 radical (unpaired) electrons. The van der Waals surface area contributed by atoms with Crippen molar-refractivity contribution in [2.45, 2.75) is 56.5 Å². The summed E-state index contributed by atoms with van der Waals surface area (Å²) in [5, 5.41) is 27.0. The van der Waals surface area contributed by atoms with Gasteiger partial charge in [-0.3, -0.25) is 23.9 Å². The number of carbonyl (C=O) groups excluding carboxylic acids is 1. The van der Waals surface area contributed by atoms with E-state index in [1.807, 2.05) is 6.92 Å². The number of nitro benzene ring substituents is 1. The number of nitrogens with two attached hydrogens (primary N) is 2. The van der Waals surface area contributed by atoms with Gasteiger partial charge in [0.15, 0.2) is 0 Å². The number of unbranched alkanes of at least 4 members (excludes halogenated alkanes) is 1. The van der Waals surface area contributed by atoms with Crippen molar-refractivity contribution in [3.8, 4) is 5.75 Å². The van der Waals surface area contributed by atoms with Gasteiger partial charge in [-0.25, -0.2) is 4.79 Å². The molecule has 22 heteroatoms. The molecule has 2 rings (SSSR count). The monoisotopic (exact) mass is 867 g/mol. The maximum Gasteiger partial charge on any atom is 0.513 e. The van der Waals surface area contributed by atoms with E-state index in [2.05, 4.69) is 0 Å². The number of aliphatic carboxylic acids is 2. The van der Waals surface area contributed by atoms with Crippen molar-refractivity contribution in [2.24, 2.45) is 11.5 Å². The minimum atomic E-state index is -3.68. The van der Waals surface area contributed by atoms with Gasteiger partial charge in [0.2, 0.25) is 0 Å². The molecule has 2 unspecified atom stereocenters. The maximum absolute atomic E-state index is 11.7. The number of rotatable bonds is 27. The van der Waals surface area contributed by atoms with Crippen molar-refractivity contribution in [1.82, 2.24) is 0 Å². The highest BCUT2D eigenvalue weighted by atomic mass is 32.2. The molecule has 0 aromatic heterocycles. The van der Waals surface area contributed by atoms with Gasteiger partial charge in [-0.1, -0.05) is 24.6 Å². The van der Waals surface area contributed by atoms with Crippen LogP contribution in [0.4, 0.5) is 10.5 Å². The molecule has 0 amide bonds. The number of ether oxygens (including phenoxy) is 8. The summed E-state index contributed by atoms with van der Waals surface area (Å²) in [6, 6.07) is 10.2. The molecule has 59 heavy (non-hydrogen) atoms. The Labute approximate surface area is 345 Å². The average molecular weight is 868 g/mol. The molecule has 2 aromatic carbocycles. The minimum Gasteiger partial charge on any atom is -0.480 e. The van der Waals surface area contributed by atoms with Crippen LogP contribution >= 0.6 is 0 Å². The van der Waals surface area contributed by atoms with Crippen molar-refractivity contribution in [1.29, 1.82) is 0 Å². The van der Waals surface area contributed by atoms with E-state index in [1.54, 1.807) is 40.4 Å². The maximum atomic E-state index is 11.7. The lowest BCUT2D eigenvalue weighted by atomic mass is 10.1. The lowest BCUT2D eigenvalue weighted by molar-refractivity contribution is -0.384. The van der Waals surface area contributed by atoms with Gasteiger partial charge in [0.25, 0.3) is 15.8 Å². The zero-order valence-electron chi connectivity index (χ0n) is 34.3. The third kappa shape index (κ3) is 33.2. The third-order valence-electron chi connectivity index (χ3n) is 6.90. The molecule has 2 atom stereocenters. The van der Waals surface area contributed by atoms with Crippen LogP contribution in [0.5, 0.6) is 5.75 Å². The van der Waals surface area contributed by atoms with Crippen LogP contribution in [0.15, 0.2) is 53.4 Å². The standard InChI is InChI=1S/C12H15NO7.C12H18O5S.C9H19NO4.C4H9NO2/c1-17-6-7-18-8-9-19-12(14)20-11-4-2-10(3-5-11)13(15)16;1-11-3-5-12(6-4-11)18(13,14)17-10-9-16-8-7-15-2;1-13-6-7-14-5-3-2-4-8(10)9(11)12;1-2-3(5)4(6)7/h2-5H,6-9H2,1H3;3-6H,7-10H2,1-2H3;8H,2-7,10H2,1H3,(H,11,12);3H,2,5H2,1H3,(H,6,7). The van der Waals surface area contributed by atoms with Crippen LogP contribution in [0.1, 0.15) is 38.2 Å². The van der Waals surface area contributed by atoms with Gasteiger partial charge >= 0.3 is 18.1 Å². The Bertz CT molecular complexity index is 1500. The Kier molecular flexibility index (Phi) is 35.3. The number of methoxy groups -OCH3 is 3. The van der Waals surface area contributed by atoms with Gasteiger partial charge in [-0.2, -0.15) is 8.42 Å². The largest absolute Gasteiger partial charge is 0.513 e. The summed E-state index contributed by atoms with van der Waals surface area (Å²) in [7, 11) is 1.07. The summed E-state index contributed by atoms with van der Waals surface area (Å²) in [4.78, 5) is 41.4. The molecule has 0 aliphatic heterocycles. The van der Waals surface area contributed by atoms with Crippen molar-refractivity contribution in [2.75, 3.05) is 94.0 Å². The summed E-state index contributed by atoms with van der Waals surface area (Å²) in [5.74, 6) is -1.70. The molecule has 0 saturated carbocycles. The van der Waals surface area contributed by atoms with E-state index in [4.69, 9.17) is 63.8 Å². The first-order valence-corrected chi connectivity index (χ1v) is 19.7. The fraction of sp³-hybridized carbons (Fsp3) is 0.595. The van der Waals surface area contributed by atoms with Crippen molar-refractivity contribution in [3.63, 3.8) is 0 Å². The topological polar surface area (TPSA) is 304 Å². The van der Waals surface area contributed by atoms with E-state index in [1.165, 1.54) is 36.4 Å². The molecule has 0 saturated heterocycles.